The van der Waals surface area contributed by atoms with Gasteiger partial charge in [-0.05, 0) is 24.7 Å². The first-order valence-corrected chi connectivity index (χ1v) is 8.17. The highest BCUT2D eigenvalue weighted by molar-refractivity contribution is 7.07. The van der Waals surface area contributed by atoms with E-state index in [0.717, 1.165) is 24.9 Å². The maximum absolute atomic E-state index is 12.1. The zero-order valence-electron chi connectivity index (χ0n) is 11.0. The maximum atomic E-state index is 12.1. The van der Waals surface area contributed by atoms with E-state index in [4.69, 9.17) is 0 Å². The van der Waals surface area contributed by atoms with Crippen LogP contribution in [0.25, 0.3) is 0 Å². The van der Waals surface area contributed by atoms with Crippen LogP contribution in [0.15, 0.2) is 10.9 Å². The fourth-order valence-electron chi connectivity index (χ4n) is 3.90. The normalized spacial score (nSPS) is 31.5. The third-order valence-corrected chi connectivity index (χ3v) is 5.66. The number of carbonyl (C=O) groups excluding carboxylic acids is 1. The molecule has 1 aromatic rings. The molecule has 3 aliphatic rings. The van der Waals surface area contributed by atoms with Gasteiger partial charge in [-0.2, -0.15) is 0 Å². The second-order valence-corrected chi connectivity index (χ2v) is 6.86. The molecule has 0 aromatic carbocycles. The lowest BCUT2D eigenvalue weighted by molar-refractivity contribution is 0.0308. The van der Waals surface area contributed by atoms with E-state index < -0.39 is 0 Å². The van der Waals surface area contributed by atoms with Crippen LogP contribution in [0.4, 0.5) is 0 Å². The van der Waals surface area contributed by atoms with Crippen molar-refractivity contribution in [1.82, 2.24) is 14.8 Å². The number of amides is 1. The summed E-state index contributed by atoms with van der Waals surface area (Å²) < 4.78 is 0. The highest BCUT2D eigenvalue weighted by Gasteiger charge is 2.43. The molecule has 4 rings (SSSR count). The molecule has 5 heteroatoms. The first-order chi connectivity index (χ1) is 9.31. The molecule has 1 aliphatic carbocycles. The lowest BCUT2D eigenvalue weighted by Gasteiger charge is -2.44. The molecule has 1 amide bonds. The van der Waals surface area contributed by atoms with Crippen LogP contribution in [0.1, 0.15) is 29.8 Å². The maximum Gasteiger partial charge on any atom is 0.273 e. The summed E-state index contributed by atoms with van der Waals surface area (Å²) in [5.74, 6) is 2.00. The summed E-state index contributed by atoms with van der Waals surface area (Å²) in [6.07, 6.45) is 4.28. The molecule has 19 heavy (non-hydrogen) atoms. The average molecular weight is 277 g/mol. The van der Waals surface area contributed by atoms with Gasteiger partial charge in [0.25, 0.3) is 5.91 Å². The van der Waals surface area contributed by atoms with Gasteiger partial charge in [0.15, 0.2) is 0 Å². The van der Waals surface area contributed by atoms with Crippen LogP contribution in [0.3, 0.4) is 0 Å². The quantitative estimate of drug-likeness (QED) is 0.825. The first-order valence-electron chi connectivity index (χ1n) is 7.23. The Morgan fingerprint density at radius 3 is 2.58 bits per heavy atom. The van der Waals surface area contributed by atoms with Crippen molar-refractivity contribution in [3.05, 3.63) is 16.6 Å². The fourth-order valence-corrected chi connectivity index (χ4v) is 4.43. The van der Waals surface area contributed by atoms with Crippen molar-refractivity contribution in [3.8, 4) is 0 Å². The second kappa shape index (κ2) is 4.56. The van der Waals surface area contributed by atoms with Gasteiger partial charge in [-0.25, -0.2) is 4.98 Å². The molecule has 2 saturated heterocycles. The molecule has 2 aliphatic heterocycles. The summed E-state index contributed by atoms with van der Waals surface area (Å²) in [5.41, 5.74) is 2.34. The Morgan fingerprint density at radius 2 is 1.95 bits per heavy atom. The lowest BCUT2D eigenvalue weighted by atomic mass is 10.0. The van der Waals surface area contributed by atoms with Crippen LogP contribution in [0, 0.1) is 11.8 Å². The van der Waals surface area contributed by atoms with E-state index >= 15 is 0 Å². The van der Waals surface area contributed by atoms with Crippen molar-refractivity contribution < 1.29 is 4.79 Å². The molecular weight excluding hydrogens is 258 g/mol. The number of carbonyl (C=O) groups is 1. The Hall–Kier alpha value is -0.940. The number of fused-ring (bicyclic) bond motifs is 1. The van der Waals surface area contributed by atoms with Gasteiger partial charge in [-0.15, -0.1) is 11.3 Å². The second-order valence-electron chi connectivity index (χ2n) is 6.14. The zero-order valence-corrected chi connectivity index (χ0v) is 11.8. The fraction of sp³-hybridized carbons (Fsp3) is 0.714. The molecule has 0 spiro atoms. The highest BCUT2D eigenvalue weighted by Crippen LogP contribution is 2.39. The molecule has 3 heterocycles. The Balaban J connectivity index is 1.32. The molecule has 1 aromatic heterocycles. The molecular formula is C14H19N3OS. The third kappa shape index (κ3) is 1.99. The van der Waals surface area contributed by atoms with Crippen LogP contribution in [-0.2, 0) is 0 Å². The summed E-state index contributed by atoms with van der Waals surface area (Å²) >= 11 is 1.49. The minimum atomic E-state index is 0.108. The molecule has 3 fully saturated rings. The van der Waals surface area contributed by atoms with E-state index in [0.29, 0.717) is 11.7 Å². The monoisotopic (exact) mass is 277 g/mol. The molecule has 0 N–H and O–H groups in total. The van der Waals surface area contributed by atoms with Gasteiger partial charge in [-0.1, -0.05) is 6.42 Å². The molecule has 0 radical (unpaired) electrons. The van der Waals surface area contributed by atoms with Crippen LogP contribution in [-0.4, -0.2) is 52.9 Å². The average Bonchev–Trinajstić information content (AvgIpc) is 3.02. The minimum Gasteiger partial charge on any atom is -0.334 e. The van der Waals surface area contributed by atoms with E-state index in [1.807, 2.05) is 10.3 Å². The van der Waals surface area contributed by atoms with E-state index in [2.05, 4.69) is 9.88 Å². The van der Waals surface area contributed by atoms with Gasteiger partial charge in [0.1, 0.15) is 5.69 Å². The first kappa shape index (κ1) is 11.9. The van der Waals surface area contributed by atoms with Crippen molar-refractivity contribution in [1.29, 1.82) is 0 Å². The molecule has 0 bridgehead atoms. The Bertz CT molecular complexity index is 457. The predicted octanol–water partition coefficient (Wildman–Crippen LogP) is 1.70. The summed E-state index contributed by atoms with van der Waals surface area (Å²) in [5, 5.41) is 1.84. The van der Waals surface area contributed by atoms with Crippen molar-refractivity contribution >= 4 is 17.2 Å². The predicted molar refractivity (Wildman–Crippen MR) is 74.2 cm³/mol. The third-order valence-electron chi connectivity index (χ3n) is 5.07. The van der Waals surface area contributed by atoms with Crippen LogP contribution >= 0.6 is 11.3 Å². The summed E-state index contributed by atoms with van der Waals surface area (Å²) in [4.78, 5) is 20.8. The largest absolute Gasteiger partial charge is 0.334 e. The number of thiazole rings is 1. The summed E-state index contributed by atoms with van der Waals surface area (Å²) in [7, 11) is 0. The number of hydrogen-bond donors (Lipinski definition) is 0. The van der Waals surface area contributed by atoms with E-state index in [9.17, 15) is 4.79 Å². The van der Waals surface area contributed by atoms with Gasteiger partial charge in [0.05, 0.1) is 5.51 Å². The van der Waals surface area contributed by atoms with Gasteiger partial charge in [-0.3, -0.25) is 9.69 Å². The van der Waals surface area contributed by atoms with E-state index in [-0.39, 0.29) is 5.91 Å². The number of nitrogens with zero attached hydrogens (tertiary/aromatic N) is 3. The molecule has 4 nitrogen and oxygen atoms in total. The number of likely N-dealkylation sites (tertiary alicyclic amines) is 2. The molecule has 2 unspecified atom stereocenters. The number of hydrogen-bond acceptors (Lipinski definition) is 4. The minimum absolute atomic E-state index is 0.108. The van der Waals surface area contributed by atoms with Gasteiger partial charge >= 0.3 is 0 Å². The van der Waals surface area contributed by atoms with E-state index in [1.165, 1.54) is 43.7 Å². The summed E-state index contributed by atoms with van der Waals surface area (Å²) in [6.45, 7) is 4.34. The molecule has 1 saturated carbocycles. The van der Waals surface area contributed by atoms with Gasteiger partial charge in [0.2, 0.25) is 0 Å². The summed E-state index contributed by atoms with van der Waals surface area (Å²) in [6, 6.07) is 0.605. The van der Waals surface area contributed by atoms with Crippen LogP contribution in [0.2, 0.25) is 0 Å². The number of rotatable bonds is 2. The highest BCUT2D eigenvalue weighted by atomic mass is 32.1. The SMILES string of the molecule is O=C(c1cscn1)N1CC(N2CC3CCCC3C2)C1. The van der Waals surface area contributed by atoms with Crippen molar-refractivity contribution in [3.63, 3.8) is 0 Å². The Labute approximate surface area is 117 Å². The lowest BCUT2D eigenvalue weighted by Crippen LogP contribution is -2.60. The van der Waals surface area contributed by atoms with Gasteiger partial charge < -0.3 is 4.90 Å². The van der Waals surface area contributed by atoms with Crippen molar-refractivity contribution in [2.75, 3.05) is 26.2 Å². The van der Waals surface area contributed by atoms with Crippen LogP contribution < -0.4 is 0 Å². The topological polar surface area (TPSA) is 36.4 Å². The molecule has 102 valence electrons. The Morgan fingerprint density at radius 1 is 1.21 bits per heavy atom. The molecule has 2 atom stereocenters. The smallest absolute Gasteiger partial charge is 0.273 e. The standard InChI is InChI=1S/C14H19N3OS/c18-14(13-8-19-9-15-13)17-6-12(7-17)16-4-10-2-1-3-11(10)5-16/h8-12H,1-7H2. The zero-order chi connectivity index (χ0) is 12.8. The Kier molecular flexibility index (Phi) is 2.84. The number of aromatic nitrogens is 1. The van der Waals surface area contributed by atoms with Gasteiger partial charge in [0, 0.05) is 37.6 Å². The van der Waals surface area contributed by atoms with Crippen molar-refractivity contribution in [2.45, 2.75) is 25.3 Å². The van der Waals surface area contributed by atoms with E-state index in [1.54, 1.807) is 5.51 Å². The van der Waals surface area contributed by atoms with Crippen molar-refractivity contribution in [2.24, 2.45) is 11.8 Å². The van der Waals surface area contributed by atoms with Crippen LogP contribution in [0.5, 0.6) is 0 Å².